The first-order valence-corrected chi connectivity index (χ1v) is 5.68. The van der Waals surface area contributed by atoms with Crippen molar-refractivity contribution < 1.29 is 9.18 Å². The molecule has 7 heteroatoms. The highest BCUT2D eigenvalue weighted by Gasteiger charge is 2.13. The van der Waals surface area contributed by atoms with Gasteiger partial charge in [-0.3, -0.25) is 4.79 Å². The van der Waals surface area contributed by atoms with Crippen molar-refractivity contribution >= 4 is 29.0 Å². The van der Waals surface area contributed by atoms with Crippen LogP contribution in [0.1, 0.15) is 10.5 Å². The molecule has 1 aromatic heterocycles. The molecule has 1 amide bonds. The summed E-state index contributed by atoms with van der Waals surface area (Å²) in [6.07, 6.45) is 0. The van der Waals surface area contributed by atoms with E-state index in [1.54, 1.807) is 0 Å². The number of nitrogens with two attached hydrogens (primary N) is 1. The molecular formula is C12H10ClFN4O. The average Bonchev–Trinajstić information content (AvgIpc) is 2.42. The van der Waals surface area contributed by atoms with Gasteiger partial charge in [0.2, 0.25) is 0 Å². The molecule has 0 spiro atoms. The number of hydrogen-bond acceptors (Lipinski definition) is 4. The van der Waals surface area contributed by atoms with Crippen LogP contribution in [-0.4, -0.2) is 10.9 Å². The Morgan fingerprint density at radius 1 is 1.21 bits per heavy atom. The summed E-state index contributed by atoms with van der Waals surface area (Å²) in [5.41, 5.74) is 2.79. The number of nitrogens with one attached hydrogen (secondary N) is 2. The molecule has 0 aliphatic rings. The Bertz CT molecular complexity index is 603. The summed E-state index contributed by atoms with van der Waals surface area (Å²) >= 11 is 5.89. The molecule has 2 rings (SSSR count). The maximum atomic E-state index is 12.7. The molecule has 0 aliphatic heterocycles. The van der Waals surface area contributed by atoms with Crippen molar-refractivity contribution in [2.45, 2.75) is 0 Å². The van der Waals surface area contributed by atoms with E-state index >= 15 is 0 Å². The molecule has 0 fully saturated rings. The molecule has 0 unspecified atom stereocenters. The first-order chi connectivity index (χ1) is 9.10. The van der Waals surface area contributed by atoms with Crippen LogP contribution in [-0.2, 0) is 0 Å². The second-order valence-electron chi connectivity index (χ2n) is 3.63. The largest absolute Gasteiger partial charge is 0.321 e. The molecule has 1 heterocycles. The van der Waals surface area contributed by atoms with Crippen LogP contribution in [0.3, 0.4) is 0 Å². The van der Waals surface area contributed by atoms with Crippen LogP contribution in [0, 0.1) is 5.82 Å². The van der Waals surface area contributed by atoms with Crippen molar-refractivity contribution in [1.82, 2.24) is 4.98 Å². The van der Waals surface area contributed by atoms with Gasteiger partial charge in [0.05, 0.1) is 5.02 Å². The summed E-state index contributed by atoms with van der Waals surface area (Å²) in [5, 5.41) is 2.75. The van der Waals surface area contributed by atoms with E-state index in [2.05, 4.69) is 15.7 Å². The fourth-order valence-corrected chi connectivity index (χ4v) is 1.60. The van der Waals surface area contributed by atoms with E-state index in [1.165, 1.54) is 36.4 Å². The number of amides is 1. The summed E-state index contributed by atoms with van der Waals surface area (Å²) in [6.45, 7) is 0. The van der Waals surface area contributed by atoms with Gasteiger partial charge in [-0.15, -0.1) is 0 Å². The maximum absolute atomic E-state index is 12.7. The van der Waals surface area contributed by atoms with Crippen LogP contribution in [0.4, 0.5) is 15.9 Å². The highest BCUT2D eigenvalue weighted by molar-refractivity contribution is 6.34. The zero-order valence-corrected chi connectivity index (χ0v) is 10.4. The Balaban J connectivity index is 2.22. The third kappa shape index (κ3) is 3.18. The van der Waals surface area contributed by atoms with Gasteiger partial charge in [0.15, 0.2) is 0 Å². The number of benzene rings is 1. The van der Waals surface area contributed by atoms with Crippen LogP contribution in [0.25, 0.3) is 0 Å². The zero-order chi connectivity index (χ0) is 13.8. The van der Waals surface area contributed by atoms with Gasteiger partial charge in [-0.05, 0) is 36.4 Å². The highest BCUT2D eigenvalue weighted by atomic mass is 35.5. The number of hydrazine groups is 1. The molecule has 19 heavy (non-hydrogen) atoms. The number of nitrogens with zero attached hydrogens (tertiary/aromatic N) is 1. The molecule has 0 saturated heterocycles. The molecule has 4 N–H and O–H groups in total. The topological polar surface area (TPSA) is 80.0 Å². The predicted molar refractivity (Wildman–Crippen MR) is 71.4 cm³/mol. The number of rotatable bonds is 3. The first kappa shape index (κ1) is 13.3. The van der Waals surface area contributed by atoms with Gasteiger partial charge in [-0.2, -0.15) is 0 Å². The number of carbonyl (C=O) groups is 1. The number of aromatic nitrogens is 1. The van der Waals surface area contributed by atoms with Gasteiger partial charge in [-0.25, -0.2) is 15.2 Å². The molecule has 0 atom stereocenters. The van der Waals surface area contributed by atoms with Crippen molar-refractivity contribution in [3.05, 3.63) is 52.9 Å². The van der Waals surface area contributed by atoms with E-state index in [9.17, 15) is 9.18 Å². The lowest BCUT2D eigenvalue weighted by Crippen LogP contribution is -2.16. The van der Waals surface area contributed by atoms with Gasteiger partial charge in [0, 0.05) is 5.69 Å². The molecule has 0 radical (unpaired) electrons. The van der Waals surface area contributed by atoms with E-state index < -0.39 is 5.91 Å². The van der Waals surface area contributed by atoms with Crippen LogP contribution in [0.15, 0.2) is 36.4 Å². The normalized spacial score (nSPS) is 10.1. The van der Waals surface area contributed by atoms with Crippen LogP contribution < -0.4 is 16.6 Å². The van der Waals surface area contributed by atoms with Crippen molar-refractivity contribution in [2.24, 2.45) is 5.84 Å². The Morgan fingerprint density at radius 3 is 2.53 bits per heavy atom. The fourth-order valence-electron chi connectivity index (χ4n) is 1.41. The summed E-state index contributed by atoms with van der Waals surface area (Å²) < 4.78 is 12.7. The van der Waals surface area contributed by atoms with Crippen molar-refractivity contribution in [3.63, 3.8) is 0 Å². The molecule has 0 bridgehead atoms. The minimum Gasteiger partial charge on any atom is -0.321 e. The standard InChI is InChI=1S/C12H10ClFN4O/c13-9-5-6-10(18-15)17-11(9)12(19)16-8-3-1-7(14)2-4-8/h1-6H,15H2,(H,16,19)(H,17,18). The van der Waals surface area contributed by atoms with E-state index in [4.69, 9.17) is 17.4 Å². The van der Waals surface area contributed by atoms with Crippen molar-refractivity contribution in [2.75, 3.05) is 10.7 Å². The van der Waals surface area contributed by atoms with E-state index in [0.717, 1.165) is 0 Å². The molecule has 98 valence electrons. The minimum absolute atomic E-state index is 0.0291. The SMILES string of the molecule is NNc1ccc(Cl)c(C(=O)Nc2ccc(F)cc2)n1. The Hall–Kier alpha value is -2.18. The lowest BCUT2D eigenvalue weighted by atomic mass is 10.3. The molecule has 5 nitrogen and oxygen atoms in total. The summed E-state index contributed by atoms with van der Waals surface area (Å²) in [4.78, 5) is 15.9. The Labute approximate surface area is 113 Å². The monoisotopic (exact) mass is 280 g/mol. The predicted octanol–water partition coefficient (Wildman–Crippen LogP) is 2.41. The zero-order valence-electron chi connectivity index (χ0n) is 9.65. The lowest BCUT2D eigenvalue weighted by molar-refractivity contribution is 0.102. The molecule has 0 saturated carbocycles. The van der Waals surface area contributed by atoms with E-state index in [-0.39, 0.29) is 16.5 Å². The summed E-state index contributed by atoms with van der Waals surface area (Å²) in [7, 11) is 0. The number of hydrogen-bond donors (Lipinski definition) is 3. The number of pyridine rings is 1. The summed E-state index contributed by atoms with van der Waals surface area (Å²) in [6, 6.07) is 8.39. The van der Waals surface area contributed by atoms with Gasteiger partial charge in [-0.1, -0.05) is 11.6 Å². The second kappa shape index (κ2) is 5.64. The van der Waals surface area contributed by atoms with E-state index in [0.29, 0.717) is 11.5 Å². The lowest BCUT2D eigenvalue weighted by Gasteiger charge is -2.07. The number of nitrogen functional groups attached to an aromatic ring is 1. The van der Waals surface area contributed by atoms with Crippen LogP contribution in [0.2, 0.25) is 5.02 Å². The van der Waals surface area contributed by atoms with Gasteiger partial charge in [0.1, 0.15) is 17.3 Å². The smallest absolute Gasteiger partial charge is 0.275 e. The Morgan fingerprint density at radius 2 is 1.89 bits per heavy atom. The molecule has 2 aromatic rings. The number of anilines is 2. The van der Waals surface area contributed by atoms with E-state index in [1.807, 2.05) is 0 Å². The maximum Gasteiger partial charge on any atom is 0.275 e. The second-order valence-corrected chi connectivity index (χ2v) is 4.04. The number of halogens is 2. The Kier molecular flexibility index (Phi) is 3.94. The third-order valence-electron chi connectivity index (χ3n) is 2.31. The number of carbonyl (C=O) groups excluding carboxylic acids is 1. The molecule has 0 aliphatic carbocycles. The third-order valence-corrected chi connectivity index (χ3v) is 2.62. The highest BCUT2D eigenvalue weighted by Crippen LogP contribution is 2.18. The molecule has 1 aromatic carbocycles. The summed E-state index contributed by atoms with van der Waals surface area (Å²) in [5.74, 6) is 4.63. The van der Waals surface area contributed by atoms with Crippen LogP contribution >= 0.6 is 11.6 Å². The minimum atomic E-state index is -0.506. The van der Waals surface area contributed by atoms with Gasteiger partial charge in [0.25, 0.3) is 5.91 Å². The van der Waals surface area contributed by atoms with Gasteiger partial charge >= 0.3 is 0 Å². The average molecular weight is 281 g/mol. The molecular weight excluding hydrogens is 271 g/mol. The van der Waals surface area contributed by atoms with Crippen molar-refractivity contribution in [3.8, 4) is 0 Å². The van der Waals surface area contributed by atoms with Crippen LogP contribution in [0.5, 0.6) is 0 Å². The quantitative estimate of drug-likeness (QED) is 0.596. The first-order valence-electron chi connectivity index (χ1n) is 5.30. The van der Waals surface area contributed by atoms with Gasteiger partial charge < -0.3 is 10.7 Å². The van der Waals surface area contributed by atoms with Crippen molar-refractivity contribution in [1.29, 1.82) is 0 Å². The fraction of sp³-hybridized carbons (Fsp3) is 0.